The SMILES string of the molecule is CC(C)Cc1cccc(C(=O)c2csc(Br)c2)c1. The highest BCUT2D eigenvalue weighted by molar-refractivity contribution is 9.11. The van der Waals surface area contributed by atoms with Crippen LogP contribution in [0.3, 0.4) is 0 Å². The Kier molecular flexibility index (Phi) is 4.36. The first-order valence-electron chi connectivity index (χ1n) is 5.94. The molecule has 0 bridgehead atoms. The molecule has 0 saturated heterocycles. The molecule has 1 aromatic carbocycles. The molecule has 0 atom stereocenters. The van der Waals surface area contributed by atoms with Gasteiger partial charge in [0, 0.05) is 16.5 Å². The average molecular weight is 323 g/mol. The summed E-state index contributed by atoms with van der Waals surface area (Å²) in [6, 6.07) is 9.82. The normalized spacial score (nSPS) is 10.9. The number of carbonyl (C=O) groups excluding carboxylic acids is 1. The third-order valence-electron chi connectivity index (χ3n) is 2.66. The van der Waals surface area contributed by atoms with Gasteiger partial charge in [-0.3, -0.25) is 4.79 Å². The van der Waals surface area contributed by atoms with E-state index in [9.17, 15) is 4.79 Å². The van der Waals surface area contributed by atoms with Gasteiger partial charge in [0.25, 0.3) is 0 Å². The molecular formula is C15H15BrOS. The molecule has 1 heterocycles. The van der Waals surface area contributed by atoms with Crippen LogP contribution in [0.5, 0.6) is 0 Å². The Labute approximate surface area is 120 Å². The number of ketones is 1. The van der Waals surface area contributed by atoms with Crippen molar-refractivity contribution in [1.82, 2.24) is 0 Å². The molecule has 0 aliphatic carbocycles. The van der Waals surface area contributed by atoms with Crippen molar-refractivity contribution in [1.29, 1.82) is 0 Å². The summed E-state index contributed by atoms with van der Waals surface area (Å²) in [5.41, 5.74) is 2.76. The van der Waals surface area contributed by atoms with Gasteiger partial charge in [0.05, 0.1) is 3.79 Å². The Morgan fingerprint density at radius 1 is 1.28 bits per heavy atom. The molecule has 1 nitrogen and oxygen atoms in total. The monoisotopic (exact) mass is 322 g/mol. The lowest BCUT2D eigenvalue weighted by Gasteiger charge is -2.06. The van der Waals surface area contributed by atoms with E-state index in [0.717, 1.165) is 21.3 Å². The second-order valence-electron chi connectivity index (χ2n) is 4.77. The van der Waals surface area contributed by atoms with Crippen molar-refractivity contribution in [2.24, 2.45) is 5.92 Å². The lowest BCUT2D eigenvalue weighted by molar-refractivity contribution is 0.103. The van der Waals surface area contributed by atoms with Crippen molar-refractivity contribution >= 4 is 33.0 Å². The molecular weight excluding hydrogens is 308 g/mol. The lowest BCUT2D eigenvalue weighted by atomic mass is 9.98. The second kappa shape index (κ2) is 5.81. The molecule has 94 valence electrons. The van der Waals surface area contributed by atoms with Crippen LogP contribution in [0.25, 0.3) is 0 Å². The standard InChI is InChI=1S/C15H15BrOS/c1-10(2)6-11-4-3-5-12(7-11)15(17)13-8-14(16)18-9-13/h3-5,7-10H,6H2,1-2H3. The van der Waals surface area contributed by atoms with Gasteiger partial charge in [0.2, 0.25) is 0 Å². The Morgan fingerprint density at radius 3 is 2.67 bits per heavy atom. The predicted octanol–water partition coefficient (Wildman–Crippen LogP) is 4.94. The van der Waals surface area contributed by atoms with Gasteiger partial charge in [-0.2, -0.15) is 0 Å². The van der Waals surface area contributed by atoms with Crippen LogP contribution in [0.2, 0.25) is 0 Å². The molecule has 0 amide bonds. The molecule has 0 saturated carbocycles. The van der Waals surface area contributed by atoms with Crippen LogP contribution in [0.1, 0.15) is 35.3 Å². The maximum Gasteiger partial charge on any atom is 0.193 e. The highest BCUT2D eigenvalue weighted by Crippen LogP contribution is 2.23. The van der Waals surface area contributed by atoms with E-state index >= 15 is 0 Å². The largest absolute Gasteiger partial charge is 0.289 e. The first-order chi connectivity index (χ1) is 8.56. The van der Waals surface area contributed by atoms with Crippen LogP contribution in [0.15, 0.2) is 39.5 Å². The summed E-state index contributed by atoms with van der Waals surface area (Å²) < 4.78 is 0.990. The summed E-state index contributed by atoms with van der Waals surface area (Å²) in [5, 5.41) is 1.89. The number of hydrogen-bond donors (Lipinski definition) is 0. The van der Waals surface area contributed by atoms with E-state index in [-0.39, 0.29) is 5.78 Å². The zero-order valence-corrected chi connectivity index (χ0v) is 12.8. The van der Waals surface area contributed by atoms with E-state index in [1.165, 1.54) is 16.9 Å². The number of benzene rings is 1. The molecule has 0 spiro atoms. The van der Waals surface area contributed by atoms with Crippen LogP contribution in [-0.4, -0.2) is 5.78 Å². The Hall–Kier alpha value is -0.930. The van der Waals surface area contributed by atoms with Gasteiger partial charge in [0.15, 0.2) is 5.78 Å². The van der Waals surface area contributed by atoms with Gasteiger partial charge in [-0.1, -0.05) is 32.0 Å². The van der Waals surface area contributed by atoms with Gasteiger partial charge in [-0.15, -0.1) is 11.3 Å². The molecule has 0 unspecified atom stereocenters. The van der Waals surface area contributed by atoms with E-state index in [0.29, 0.717) is 5.92 Å². The topological polar surface area (TPSA) is 17.1 Å². The molecule has 3 heteroatoms. The van der Waals surface area contributed by atoms with Gasteiger partial charge in [0.1, 0.15) is 0 Å². The van der Waals surface area contributed by atoms with Crippen LogP contribution >= 0.6 is 27.3 Å². The van der Waals surface area contributed by atoms with E-state index in [1.54, 1.807) is 0 Å². The third kappa shape index (κ3) is 3.30. The average Bonchev–Trinajstić information content (AvgIpc) is 2.74. The minimum absolute atomic E-state index is 0.0996. The van der Waals surface area contributed by atoms with Gasteiger partial charge >= 0.3 is 0 Å². The van der Waals surface area contributed by atoms with Crippen molar-refractivity contribution in [3.8, 4) is 0 Å². The quantitative estimate of drug-likeness (QED) is 0.728. The first kappa shape index (κ1) is 13.5. The van der Waals surface area contributed by atoms with Crippen LogP contribution in [0.4, 0.5) is 0 Å². The zero-order valence-electron chi connectivity index (χ0n) is 10.4. The van der Waals surface area contributed by atoms with Gasteiger partial charge < -0.3 is 0 Å². The smallest absolute Gasteiger partial charge is 0.193 e. The van der Waals surface area contributed by atoms with Crippen molar-refractivity contribution < 1.29 is 4.79 Å². The van der Waals surface area contributed by atoms with E-state index in [1.807, 2.05) is 29.6 Å². The predicted molar refractivity (Wildman–Crippen MR) is 80.4 cm³/mol. The third-order valence-corrected chi connectivity index (χ3v) is 4.17. The molecule has 2 rings (SSSR count). The first-order valence-corrected chi connectivity index (χ1v) is 7.61. The number of rotatable bonds is 4. The molecule has 0 N–H and O–H groups in total. The van der Waals surface area contributed by atoms with E-state index < -0.39 is 0 Å². The highest BCUT2D eigenvalue weighted by Gasteiger charge is 2.11. The maximum atomic E-state index is 12.3. The van der Waals surface area contributed by atoms with Crippen LogP contribution in [0, 0.1) is 5.92 Å². The molecule has 1 aromatic heterocycles. The molecule has 0 aliphatic heterocycles. The minimum Gasteiger partial charge on any atom is -0.289 e. The Morgan fingerprint density at radius 2 is 2.06 bits per heavy atom. The van der Waals surface area contributed by atoms with Crippen molar-refractivity contribution in [3.63, 3.8) is 0 Å². The van der Waals surface area contributed by atoms with Gasteiger partial charge in [-0.25, -0.2) is 0 Å². The summed E-state index contributed by atoms with van der Waals surface area (Å²) in [4.78, 5) is 12.3. The van der Waals surface area contributed by atoms with E-state index in [4.69, 9.17) is 0 Å². The molecule has 18 heavy (non-hydrogen) atoms. The fourth-order valence-electron chi connectivity index (χ4n) is 1.91. The number of thiophene rings is 1. The number of hydrogen-bond acceptors (Lipinski definition) is 2. The maximum absolute atomic E-state index is 12.3. The van der Waals surface area contributed by atoms with E-state index in [2.05, 4.69) is 35.8 Å². The summed E-state index contributed by atoms with van der Waals surface area (Å²) in [7, 11) is 0. The summed E-state index contributed by atoms with van der Waals surface area (Å²) in [6.45, 7) is 4.37. The molecule has 2 aromatic rings. The fourth-order valence-corrected chi connectivity index (χ4v) is 3.04. The van der Waals surface area contributed by atoms with Crippen LogP contribution < -0.4 is 0 Å². The number of halogens is 1. The molecule has 0 radical (unpaired) electrons. The summed E-state index contributed by atoms with van der Waals surface area (Å²) >= 11 is 4.92. The second-order valence-corrected chi connectivity index (χ2v) is 7.06. The Bertz CT molecular complexity index is 557. The minimum atomic E-state index is 0.0996. The summed E-state index contributed by atoms with van der Waals surface area (Å²) in [5.74, 6) is 0.702. The molecule has 0 aliphatic rings. The van der Waals surface area contributed by atoms with Crippen molar-refractivity contribution in [3.05, 3.63) is 56.2 Å². The molecule has 0 fully saturated rings. The van der Waals surface area contributed by atoms with Crippen molar-refractivity contribution in [2.75, 3.05) is 0 Å². The van der Waals surface area contributed by atoms with Crippen LogP contribution in [-0.2, 0) is 6.42 Å². The van der Waals surface area contributed by atoms with Gasteiger partial charge in [-0.05, 0) is 46.0 Å². The summed E-state index contributed by atoms with van der Waals surface area (Å²) in [6.07, 6.45) is 1.01. The van der Waals surface area contributed by atoms with Crippen molar-refractivity contribution in [2.45, 2.75) is 20.3 Å². The highest BCUT2D eigenvalue weighted by atomic mass is 79.9. The fraction of sp³-hybridized carbons (Fsp3) is 0.267. The Balaban J connectivity index is 2.25. The lowest BCUT2D eigenvalue weighted by Crippen LogP contribution is -2.01. The number of carbonyl (C=O) groups is 1. The zero-order chi connectivity index (χ0) is 13.1.